The van der Waals surface area contributed by atoms with E-state index >= 15 is 0 Å². The number of nitrogens with zero attached hydrogens (tertiary/aromatic N) is 2. The number of fused-ring (bicyclic) bond motifs is 1. The van der Waals surface area contributed by atoms with Crippen molar-refractivity contribution in [2.45, 2.75) is 129 Å². The van der Waals surface area contributed by atoms with E-state index in [0.717, 1.165) is 6.21 Å². The lowest BCUT2D eigenvalue weighted by Crippen LogP contribution is -2.69. The fourth-order valence-corrected chi connectivity index (χ4v) is 9.32. The van der Waals surface area contributed by atoms with Crippen LogP contribution in [-0.4, -0.2) is 69.9 Å². The molecule has 0 aromatic heterocycles. The van der Waals surface area contributed by atoms with Crippen LogP contribution in [0.2, 0.25) is 36.3 Å². The number of rotatable bonds is 9. The van der Waals surface area contributed by atoms with Crippen LogP contribution in [0.4, 0.5) is 0 Å². The van der Waals surface area contributed by atoms with E-state index in [2.05, 4.69) is 84.4 Å². The lowest BCUT2D eigenvalue weighted by Gasteiger charge is -2.59. The van der Waals surface area contributed by atoms with E-state index in [1.54, 1.807) is 6.92 Å². The molecular weight excluding hydrogens is 600 g/mol. The molecule has 43 heavy (non-hydrogen) atoms. The van der Waals surface area contributed by atoms with E-state index in [-0.39, 0.29) is 22.3 Å². The molecule has 242 valence electrons. The number of hydrogen-bond acceptors (Lipinski definition) is 6. The van der Waals surface area contributed by atoms with Crippen molar-refractivity contribution in [2.75, 3.05) is 7.11 Å². The Morgan fingerprint density at radius 1 is 1.14 bits per heavy atom. The smallest absolute Gasteiger partial charge is 0.323 e. The summed E-state index contributed by atoms with van der Waals surface area (Å²) in [5.41, 5.74) is 7.69. The summed E-state index contributed by atoms with van der Waals surface area (Å²) < 4.78 is 19.6. The second-order valence-corrected chi connectivity index (χ2v) is 25.4. The number of carbonyl (C=O) groups is 3. The molecular formula is C32H53ClN2O6Si2. The Morgan fingerprint density at radius 2 is 1.70 bits per heavy atom. The average molecular weight is 653 g/mol. The third-order valence-electron chi connectivity index (χ3n) is 10.9. The zero-order valence-corrected chi connectivity index (χ0v) is 31.2. The molecule has 2 fully saturated rings. The zero-order valence-electron chi connectivity index (χ0n) is 28.5. The molecule has 2 rings (SSSR count). The van der Waals surface area contributed by atoms with Gasteiger partial charge in [0, 0.05) is 24.2 Å². The van der Waals surface area contributed by atoms with E-state index in [1.165, 1.54) is 7.11 Å². The van der Waals surface area contributed by atoms with Crippen LogP contribution in [0.5, 0.6) is 0 Å². The Morgan fingerprint density at radius 3 is 2.16 bits per heavy atom. The number of halogens is 1. The number of methoxy groups -OCH3 is 1. The molecule has 0 N–H and O–H groups in total. The summed E-state index contributed by atoms with van der Waals surface area (Å²) in [6.07, 6.45) is -0.0838. The highest BCUT2D eigenvalue weighted by Gasteiger charge is 2.68. The van der Waals surface area contributed by atoms with Crippen molar-refractivity contribution in [3.63, 3.8) is 0 Å². The Labute approximate surface area is 266 Å². The number of alkyl halides is 1. The molecule has 0 aliphatic heterocycles. The standard InChI is InChI=1S/C32H53ClN2O6Si2/c1-14-15-23(40-42(10,11)30(3,4)5)24-25-27(37)21(18-22(36)19-35-34)16-17-32(25,29(38)39-9)20(2)26(33)28(24)41-43(12,13)31(6,7)8/h19-21,23-26,28H,16-18H2,1-13H3/t20-,21+,23+,24+,25+,26+,28+,32-/m1/s1. The molecule has 0 aromatic carbocycles. The van der Waals surface area contributed by atoms with Crippen LogP contribution in [-0.2, 0) is 28.0 Å². The minimum atomic E-state index is -2.47. The first kappa shape index (κ1) is 37.6. The molecule has 11 heteroatoms. The summed E-state index contributed by atoms with van der Waals surface area (Å²) in [7, 11) is -3.59. The summed E-state index contributed by atoms with van der Waals surface area (Å²) in [5, 5.41) is -0.950. The summed E-state index contributed by atoms with van der Waals surface area (Å²) in [6.45, 7) is 25.1. The molecule has 0 amide bonds. The third kappa shape index (κ3) is 7.29. The van der Waals surface area contributed by atoms with E-state index < -0.39 is 75.1 Å². The Balaban J connectivity index is 2.94. The topological polar surface area (TPSA) is 115 Å². The highest BCUT2D eigenvalue weighted by molar-refractivity contribution is 6.74. The molecule has 0 unspecified atom stereocenters. The van der Waals surface area contributed by atoms with Crippen molar-refractivity contribution in [3.8, 4) is 11.8 Å². The molecule has 0 aromatic rings. The number of esters is 1. The maximum absolute atomic E-state index is 14.7. The summed E-state index contributed by atoms with van der Waals surface area (Å²) in [6, 6.07) is 0. The van der Waals surface area contributed by atoms with Gasteiger partial charge in [-0.05, 0) is 61.9 Å². The molecule has 0 radical (unpaired) electrons. The average Bonchev–Trinajstić information content (AvgIpc) is 2.87. The van der Waals surface area contributed by atoms with Gasteiger partial charge in [-0.2, -0.15) is 4.79 Å². The van der Waals surface area contributed by atoms with Gasteiger partial charge in [0.1, 0.15) is 11.9 Å². The molecule has 0 spiro atoms. The van der Waals surface area contributed by atoms with Crippen molar-refractivity contribution in [3.05, 3.63) is 5.53 Å². The fourth-order valence-electron chi connectivity index (χ4n) is 6.25. The van der Waals surface area contributed by atoms with Gasteiger partial charge in [-0.25, -0.2) is 0 Å². The lowest BCUT2D eigenvalue weighted by atomic mass is 9.48. The molecule has 0 saturated heterocycles. The Bertz CT molecular complexity index is 1190. The molecule has 2 saturated carbocycles. The van der Waals surface area contributed by atoms with Gasteiger partial charge >= 0.3 is 12.2 Å². The third-order valence-corrected chi connectivity index (χ3v) is 20.4. The number of carbonyl (C=O) groups excluding carboxylic acids is 3. The Kier molecular flexibility index (Phi) is 11.7. The highest BCUT2D eigenvalue weighted by atomic mass is 35.5. The summed E-state index contributed by atoms with van der Waals surface area (Å²) in [5.74, 6) is 2.41. The van der Waals surface area contributed by atoms with Crippen molar-refractivity contribution >= 4 is 52.0 Å². The quantitative estimate of drug-likeness (QED) is 0.0522. The SMILES string of the molecule is CC#C[C@H](O[Si](C)(C)C(C)(C)C)[C@@H]1[C@H](O[Si](C)(C)C(C)(C)C)[C@@H](Cl)[C@@H](C)[C@]2(C(=O)OC)CC[C@@H](CC(=O)C=[N+]=[N-])C(=O)[C@H]12. The van der Waals surface area contributed by atoms with E-state index in [4.69, 9.17) is 30.7 Å². The van der Waals surface area contributed by atoms with Crippen molar-refractivity contribution < 1.29 is 32.8 Å². The molecule has 0 bridgehead atoms. The lowest BCUT2D eigenvalue weighted by molar-refractivity contribution is -0.188. The molecule has 2 aliphatic carbocycles. The molecule has 8 atom stereocenters. The first-order chi connectivity index (χ1) is 19.5. The number of Topliss-reactive ketones (excluding diaryl/α,β-unsaturated/α-hetero) is 2. The van der Waals surface area contributed by atoms with Gasteiger partial charge in [0.2, 0.25) is 5.78 Å². The second-order valence-electron chi connectivity index (χ2n) is 15.4. The van der Waals surface area contributed by atoms with Crippen LogP contribution in [0.3, 0.4) is 0 Å². The predicted octanol–water partition coefficient (Wildman–Crippen LogP) is 6.68. The van der Waals surface area contributed by atoms with Crippen LogP contribution < -0.4 is 0 Å². The van der Waals surface area contributed by atoms with Crippen molar-refractivity contribution in [1.82, 2.24) is 0 Å². The largest absolute Gasteiger partial charge is 0.469 e. The number of ether oxygens (including phenoxy) is 1. The van der Waals surface area contributed by atoms with Crippen LogP contribution in [0.15, 0.2) is 0 Å². The molecule has 0 heterocycles. The Hall–Kier alpha value is -1.61. The van der Waals surface area contributed by atoms with Gasteiger partial charge in [-0.3, -0.25) is 14.4 Å². The number of hydrogen-bond donors (Lipinski definition) is 0. The molecule has 8 nitrogen and oxygen atoms in total. The van der Waals surface area contributed by atoms with E-state index in [0.29, 0.717) is 12.8 Å². The highest BCUT2D eigenvalue weighted by Crippen LogP contribution is 2.60. The maximum Gasteiger partial charge on any atom is 0.323 e. The minimum Gasteiger partial charge on any atom is -0.469 e. The van der Waals surface area contributed by atoms with Gasteiger partial charge in [0.15, 0.2) is 16.6 Å². The summed E-state index contributed by atoms with van der Waals surface area (Å²) >= 11 is 7.40. The monoisotopic (exact) mass is 652 g/mol. The van der Waals surface area contributed by atoms with Crippen LogP contribution in [0, 0.1) is 40.9 Å². The van der Waals surface area contributed by atoms with Crippen LogP contribution in [0.25, 0.3) is 5.53 Å². The van der Waals surface area contributed by atoms with Gasteiger partial charge in [-0.1, -0.05) is 54.4 Å². The van der Waals surface area contributed by atoms with Gasteiger partial charge in [-0.15, -0.1) is 17.5 Å². The first-order valence-corrected chi connectivity index (χ1v) is 21.5. The van der Waals surface area contributed by atoms with Gasteiger partial charge in [0.05, 0.1) is 24.0 Å². The zero-order chi connectivity index (χ0) is 33.3. The maximum atomic E-state index is 14.7. The van der Waals surface area contributed by atoms with Crippen LogP contribution >= 0.6 is 11.6 Å². The van der Waals surface area contributed by atoms with Gasteiger partial charge in [0.25, 0.3) is 0 Å². The van der Waals surface area contributed by atoms with Crippen molar-refractivity contribution in [1.29, 1.82) is 0 Å². The van der Waals surface area contributed by atoms with Crippen LogP contribution in [0.1, 0.15) is 74.7 Å². The predicted molar refractivity (Wildman–Crippen MR) is 175 cm³/mol. The minimum absolute atomic E-state index is 0.122. The normalized spacial score (nSPS) is 30.7. The molecule has 2 aliphatic rings. The number of ketones is 2. The van der Waals surface area contributed by atoms with Gasteiger partial charge < -0.3 is 19.1 Å². The summed E-state index contributed by atoms with van der Waals surface area (Å²) in [4.78, 5) is 44.1. The first-order valence-electron chi connectivity index (χ1n) is 15.3. The van der Waals surface area contributed by atoms with Crippen molar-refractivity contribution in [2.24, 2.45) is 29.1 Å². The van der Waals surface area contributed by atoms with E-state index in [9.17, 15) is 14.4 Å². The second kappa shape index (κ2) is 13.4. The van der Waals surface area contributed by atoms with E-state index in [1.807, 2.05) is 6.92 Å². The fraction of sp³-hybridized carbons (Fsp3) is 0.812.